The molecule has 3 nitrogen and oxygen atoms in total. The van der Waals surface area contributed by atoms with E-state index in [1.807, 2.05) is 11.3 Å². The highest BCUT2D eigenvalue weighted by atomic mass is 32.1. The van der Waals surface area contributed by atoms with Gasteiger partial charge in [0.25, 0.3) is 0 Å². The zero-order valence-electron chi connectivity index (χ0n) is 14.2. The van der Waals surface area contributed by atoms with Gasteiger partial charge < -0.3 is 4.90 Å². The van der Waals surface area contributed by atoms with Crippen LogP contribution < -0.4 is 0 Å². The van der Waals surface area contributed by atoms with Gasteiger partial charge in [0, 0.05) is 24.5 Å². The van der Waals surface area contributed by atoms with Crippen molar-refractivity contribution in [2.45, 2.75) is 38.8 Å². The van der Waals surface area contributed by atoms with Crippen LogP contribution in [0.2, 0.25) is 0 Å². The van der Waals surface area contributed by atoms with E-state index >= 15 is 0 Å². The van der Waals surface area contributed by atoms with Gasteiger partial charge in [-0.05, 0) is 47.4 Å². The van der Waals surface area contributed by atoms with Crippen molar-refractivity contribution in [1.82, 2.24) is 9.80 Å². The molecule has 0 saturated carbocycles. The topological polar surface area (TPSA) is 23.6 Å². The molecule has 0 fully saturated rings. The lowest BCUT2D eigenvalue weighted by Gasteiger charge is -2.37. The second-order valence-electron chi connectivity index (χ2n) is 6.79. The number of benzene rings is 1. The molecule has 1 aromatic carbocycles. The van der Waals surface area contributed by atoms with Gasteiger partial charge in [-0.25, -0.2) is 0 Å². The summed E-state index contributed by atoms with van der Waals surface area (Å²) in [6, 6.07) is 11.1. The highest BCUT2D eigenvalue weighted by Gasteiger charge is 2.31. The summed E-state index contributed by atoms with van der Waals surface area (Å²) in [5.41, 5.74) is 4.20. The first-order valence-corrected chi connectivity index (χ1v) is 9.79. The van der Waals surface area contributed by atoms with Crippen molar-refractivity contribution >= 4 is 17.2 Å². The lowest BCUT2D eigenvalue weighted by Crippen LogP contribution is -2.45. The van der Waals surface area contributed by atoms with E-state index in [2.05, 4.69) is 52.4 Å². The Morgan fingerprint density at radius 1 is 1.17 bits per heavy atom. The van der Waals surface area contributed by atoms with Crippen LogP contribution in [0.3, 0.4) is 0 Å². The Balaban J connectivity index is 1.45. The molecule has 1 aromatic heterocycles. The first kappa shape index (κ1) is 15.9. The van der Waals surface area contributed by atoms with Gasteiger partial charge in [0.15, 0.2) is 0 Å². The monoisotopic (exact) mass is 340 g/mol. The molecule has 0 spiro atoms. The highest BCUT2D eigenvalue weighted by Crippen LogP contribution is 2.35. The van der Waals surface area contributed by atoms with Gasteiger partial charge in [0.05, 0.1) is 12.6 Å². The molecule has 4 rings (SSSR count). The molecule has 0 saturated heterocycles. The summed E-state index contributed by atoms with van der Waals surface area (Å²) >= 11 is 1.84. The smallest absolute Gasteiger partial charge is 0.237 e. The van der Waals surface area contributed by atoms with Crippen molar-refractivity contribution in [2.24, 2.45) is 0 Å². The highest BCUT2D eigenvalue weighted by molar-refractivity contribution is 7.10. The number of fused-ring (bicyclic) bond motifs is 2. The molecule has 2 aromatic rings. The largest absolute Gasteiger partial charge is 0.334 e. The summed E-state index contributed by atoms with van der Waals surface area (Å²) in [6.45, 7) is 5.49. The molecule has 3 heterocycles. The van der Waals surface area contributed by atoms with Gasteiger partial charge in [0.2, 0.25) is 5.91 Å². The fourth-order valence-corrected chi connectivity index (χ4v) is 5.03. The number of nitrogens with zero attached hydrogens (tertiary/aromatic N) is 2. The Bertz CT molecular complexity index is 739. The molecule has 1 amide bonds. The lowest BCUT2D eigenvalue weighted by atomic mass is 9.97. The number of thiophene rings is 1. The Kier molecular flexibility index (Phi) is 4.42. The maximum atomic E-state index is 13.0. The first-order chi connectivity index (χ1) is 11.8. The van der Waals surface area contributed by atoms with Crippen LogP contribution >= 0.6 is 11.3 Å². The van der Waals surface area contributed by atoms with Gasteiger partial charge in [-0.1, -0.05) is 31.2 Å². The van der Waals surface area contributed by atoms with Crippen LogP contribution in [0.15, 0.2) is 35.7 Å². The molecule has 0 bridgehead atoms. The van der Waals surface area contributed by atoms with Crippen LogP contribution in [-0.4, -0.2) is 35.3 Å². The first-order valence-electron chi connectivity index (χ1n) is 8.91. The van der Waals surface area contributed by atoms with E-state index in [1.165, 1.54) is 21.6 Å². The van der Waals surface area contributed by atoms with Crippen molar-refractivity contribution in [1.29, 1.82) is 0 Å². The predicted molar refractivity (Wildman–Crippen MR) is 98.2 cm³/mol. The van der Waals surface area contributed by atoms with Gasteiger partial charge in [-0.2, -0.15) is 0 Å². The number of hydrogen-bond acceptors (Lipinski definition) is 3. The summed E-state index contributed by atoms with van der Waals surface area (Å²) in [6.07, 6.45) is 3.06. The molecule has 4 heteroatoms. The summed E-state index contributed by atoms with van der Waals surface area (Å²) in [4.78, 5) is 18.9. The number of rotatable bonds is 3. The van der Waals surface area contributed by atoms with Crippen LogP contribution in [0.5, 0.6) is 0 Å². The van der Waals surface area contributed by atoms with E-state index in [4.69, 9.17) is 0 Å². The van der Waals surface area contributed by atoms with E-state index in [9.17, 15) is 4.79 Å². The summed E-state index contributed by atoms with van der Waals surface area (Å²) in [5.74, 6) is 0.290. The van der Waals surface area contributed by atoms with E-state index in [1.54, 1.807) is 0 Å². The minimum atomic E-state index is 0.268. The maximum Gasteiger partial charge on any atom is 0.237 e. The minimum absolute atomic E-state index is 0.268. The normalized spacial score (nSPS) is 20.5. The average Bonchev–Trinajstić information content (AvgIpc) is 3.09. The van der Waals surface area contributed by atoms with E-state index < -0.39 is 0 Å². The molecule has 0 radical (unpaired) electrons. The molecule has 1 unspecified atom stereocenters. The molecule has 0 aliphatic carbocycles. The maximum absolute atomic E-state index is 13.0. The molecule has 2 aliphatic heterocycles. The van der Waals surface area contributed by atoms with Crippen molar-refractivity contribution in [3.05, 3.63) is 57.3 Å². The molecular weight excluding hydrogens is 316 g/mol. The zero-order valence-corrected chi connectivity index (χ0v) is 15.0. The van der Waals surface area contributed by atoms with Gasteiger partial charge >= 0.3 is 0 Å². The number of carbonyl (C=O) groups is 1. The van der Waals surface area contributed by atoms with Crippen molar-refractivity contribution < 1.29 is 4.79 Å². The summed E-state index contributed by atoms with van der Waals surface area (Å²) < 4.78 is 0. The third kappa shape index (κ3) is 2.89. The molecule has 1 atom stereocenters. The predicted octanol–water partition coefficient (Wildman–Crippen LogP) is 3.64. The fourth-order valence-electron chi connectivity index (χ4n) is 4.11. The second kappa shape index (κ2) is 6.69. The van der Waals surface area contributed by atoms with Crippen molar-refractivity contribution in [3.63, 3.8) is 0 Å². The van der Waals surface area contributed by atoms with Crippen LogP contribution in [0.1, 0.15) is 41.0 Å². The fraction of sp³-hybridized carbons (Fsp3) is 0.450. The zero-order chi connectivity index (χ0) is 16.5. The Hall–Kier alpha value is -1.65. The van der Waals surface area contributed by atoms with Crippen LogP contribution in [0, 0.1) is 0 Å². The number of amides is 1. The second-order valence-corrected chi connectivity index (χ2v) is 7.79. The Morgan fingerprint density at radius 3 is 2.83 bits per heavy atom. The molecular formula is C20H24N2OS. The summed E-state index contributed by atoms with van der Waals surface area (Å²) in [7, 11) is 0. The minimum Gasteiger partial charge on any atom is -0.334 e. The molecule has 24 heavy (non-hydrogen) atoms. The Morgan fingerprint density at radius 2 is 2.00 bits per heavy atom. The number of carbonyl (C=O) groups excluding carboxylic acids is 1. The number of hydrogen-bond donors (Lipinski definition) is 0. The molecule has 126 valence electrons. The van der Waals surface area contributed by atoms with Crippen molar-refractivity contribution in [3.8, 4) is 0 Å². The van der Waals surface area contributed by atoms with Crippen molar-refractivity contribution in [2.75, 3.05) is 19.6 Å². The van der Waals surface area contributed by atoms with Crippen LogP contribution in [-0.2, 0) is 24.2 Å². The summed E-state index contributed by atoms with van der Waals surface area (Å²) in [5, 5.41) is 2.17. The third-order valence-electron chi connectivity index (χ3n) is 5.37. The van der Waals surface area contributed by atoms with E-state index in [0.717, 1.165) is 38.9 Å². The average molecular weight is 340 g/mol. The Labute approximate surface area is 147 Å². The van der Waals surface area contributed by atoms with Crippen LogP contribution in [0.4, 0.5) is 0 Å². The molecule has 2 aliphatic rings. The van der Waals surface area contributed by atoms with E-state index in [-0.39, 0.29) is 11.9 Å². The lowest BCUT2D eigenvalue weighted by molar-refractivity contribution is -0.135. The standard InChI is InChI=1S/C20H24N2OS/c1-2-18-17-9-12-24-19(17)8-11-22(18)20(23)14-21-10-7-15-5-3-4-6-16(15)13-21/h3-6,9,12,18H,2,7-8,10-11,13-14H2,1H3. The molecule has 0 N–H and O–H groups in total. The van der Waals surface area contributed by atoms with Gasteiger partial charge in [-0.15, -0.1) is 11.3 Å². The van der Waals surface area contributed by atoms with Crippen LogP contribution in [0.25, 0.3) is 0 Å². The van der Waals surface area contributed by atoms with Gasteiger partial charge in [-0.3, -0.25) is 9.69 Å². The third-order valence-corrected chi connectivity index (χ3v) is 6.37. The van der Waals surface area contributed by atoms with E-state index in [0.29, 0.717) is 6.54 Å². The SMILES string of the molecule is CCC1c2ccsc2CCN1C(=O)CN1CCc2ccccc2C1. The van der Waals surface area contributed by atoms with Gasteiger partial charge in [0.1, 0.15) is 0 Å². The quantitative estimate of drug-likeness (QED) is 0.852.